The SMILES string of the molecule is CCc1ccc(CNN2CCN(C)CC2)o1. The number of hydrogen-bond acceptors (Lipinski definition) is 4. The van der Waals surface area contributed by atoms with Gasteiger partial charge < -0.3 is 9.32 Å². The Morgan fingerprint density at radius 1 is 1.19 bits per heavy atom. The van der Waals surface area contributed by atoms with Gasteiger partial charge in [-0.25, -0.2) is 10.4 Å². The minimum absolute atomic E-state index is 0.795. The van der Waals surface area contributed by atoms with Crippen molar-refractivity contribution in [3.63, 3.8) is 0 Å². The standard InChI is InChI=1S/C12H21N3O/c1-3-11-4-5-12(16-11)10-13-15-8-6-14(2)7-9-15/h4-5,13H,3,6-10H2,1-2H3. The van der Waals surface area contributed by atoms with Crippen molar-refractivity contribution in [3.05, 3.63) is 23.7 Å². The monoisotopic (exact) mass is 223 g/mol. The molecule has 1 fully saturated rings. The molecule has 1 aromatic rings. The van der Waals surface area contributed by atoms with Crippen LogP contribution in [0.15, 0.2) is 16.5 Å². The molecule has 0 aromatic carbocycles. The zero-order valence-electron chi connectivity index (χ0n) is 10.2. The molecule has 2 heterocycles. The minimum Gasteiger partial charge on any atom is -0.465 e. The molecule has 2 rings (SSSR count). The van der Waals surface area contributed by atoms with Crippen molar-refractivity contribution in [1.82, 2.24) is 15.3 Å². The predicted molar refractivity (Wildman–Crippen MR) is 64.0 cm³/mol. The first kappa shape index (κ1) is 11.6. The molecule has 0 saturated carbocycles. The van der Waals surface area contributed by atoms with Gasteiger partial charge in [-0.1, -0.05) is 6.92 Å². The highest BCUT2D eigenvalue weighted by atomic mass is 16.3. The van der Waals surface area contributed by atoms with E-state index < -0.39 is 0 Å². The first-order chi connectivity index (χ1) is 7.78. The van der Waals surface area contributed by atoms with E-state index in [1.165, 1.54) is 0 Å². The molecule has 1 saturated heterocycles. The van der Waals surface area contributed by atoms with E-state index >= 15 is 0 Å². The molecule has 0 unspecified atom stereocenters. The largest absolute Gasteiger partial charge is 0.465 e. The molecule has 0 bridgehead atoms. The van der Waals surface area contributed by atoms with Crippen LogP contribution in [-0.2, 0) is 13.0 Å². The van der Waals surface area contributed by atoms with Gasteiger partial charge in [-0.05, 0) is 19.2 Å². The van der Waals surface area contributed by atoms with E-state index in [4.69, 9.17) is 4.42 Å². The average molecular weight is 223 g/mol. The highest BCUT2D eigenvalue weighted by Gasteiger charge is 2.13. The van der Waals surface area contributed by atoms with Crippen molar-refractivity contribution in [2.45, 2.75) is 19.9 Å². The molecular weight excluding hydrogens is 202 g/mol. The molecule has 16 heavy (non-hydrogen) atoms. The summed E-state index contributed by atoms with van der Waals surface area (Å²) in [6.45, 7) is 7.33. The summed E-state index contributed by atoms with van der Waals surface area (Å²) in [6.07, 6.45) is 0.967. The number of hydrogen-bond donors (Lipinski definition) is 1. The summed E-state index contributed by atoms with van der Waals surface area (Å²) in [5.74, 6) is 2.09. The van der Waals surface area contributed by atoms with Gasteiger partial charge in [0.05, 0.1) is 6.54 Å². The van der Waals surface area contributed by atoms with Crippen LogP contribution in [0.5, 0.6) is 0 Å². The molecule has 4 heteroatoms. The second-order valence-corrected chi connectivity index (χ2v) is 4.35. The van der Waals surface area contributed by atoms with E-state index in [1.807, 2.05) is 0 Å². The minimum atomic E-state index is 0.795. The summed E-state index contributed by atoms with van der Waals surface area (Å²) in [5.41, 5.74) is 3.41. The topological polar surface area (TPSA) is 31.6 Å². The average Bonchev–Trinajstić information content (AvgIpc) is 2.76. The Kier molecular flexibility index (Phi) is 3.98. The van der Waals surface area contributed by atoms with Crippen LogP contribution in [0.25, 0.3) is 0 Å². The van der Waals surface area contributed by atoms with Gasteiger partial charge in [0.2, 0.25) is 0 Å². The summed E-state index contributed by atoms with van der Waals surface area (Å²) in [6, 6.07) is 4.11. The lowest BCUT2D eigenvalue weighted by Gasteiger charge is -2.32. The maximum Gasteiger partial charge on any atom is 0.119 e. The van der Waals surface area contributed by atoms with Crippen LogP contribution in [0.3, 0.4) is 0 Å². The molecule has 0 atom stereocenters. The van der Waals surface area contributed by atoms with Crippen molar-refractivity contribution in [3.8, 4) is 0 Å². The fourth-order valence-corrected chi connectivity index (χ4v) is 1.86. The highest BCUT2D eigenvalue weighted by Crippen LogP contribution is 2.08. The number of piperazine rings is 1. The molecule has 1 aliphatic heterocycles. The summed E-state index contributed by atoms with van der Waals surface area (Å²) in [7, 11) is 2.16. The normalized spacial score (nSPS) is 19.1. The predicted octanol–water partition coefficient (Wildman–Crippen LogP) is 1.09. The lowest BCUT2D eigenvalue weighted by Crippen LogP contribution is -2.50. The van der Waals surface area contributed by atoms with Crippen molar-refractivity contribution in [2.75, 3.05) is 33.2 Å². The fraction of sp³-hybridized carbons (Fsp3) is 0.667. The molecule has 4 nitrogen and oxygen atoms in total. The number of rotatable bonds is 4. The molecule has 90 valence electrons. The number of likely N-dealkylation sites (N-methyl/N-ethyl adjacent to an activating group) is 1. The number of aryl methyl sites for hydroxylation is 1. The smallest absolute Gasteiger partial charge is 0.119 e. The molecule has 0 amide bonds. The van der Waals surface area contributed by atoms with E-state index in [-0.39, 0.29) is 0 Å². The maximum absolute atomic E-state index is 5.65. The number of hydrazine groups is 1. The van der Waals surface area contributed by atoms with E-state index in [2.05, 4.69) is 41.4 Å². The Labute approximate surface area is 97.2 Å². The lowest BCUT2D eigenvalue weighted by atomic mass is 10.3. The lowest BCUT2D eigenvalue weighted by molar-refractivity contribution is 0.0989. The van der Waals surface area contributed by atoms with Crippen molar-refractivity contribution in [1.29, 1.82) is 0 Å². The molecule has 1 aromatic heterocycles. The third-order valence-corrected chi connectivity index (χ3v) is 3.05. The van der Waals surface area contributed by atoms with Crippen LogP contribution in [-0.4, -0.2) is 43.1 Å². The number of nitrogens with zero attached hydrogens (tertiary/aromatic N) is 2. The summed E-state index contributed by atoms with van der Waals surface area (Å²) in [5, 5.41) is 2.27. The first-order valence-corrected chi connectivity index (χ1v) is 6.02. The Balaban J connectivity index is 1.74. The number of nitrogens with one attached hydrogen (secondary N) is 1. The molecule has 1 aliphatic rings. The molecule has 1 N–H and O–H groups in total. The molecule has 0 radical (unpaired) electrons. The Morgan fingerprint density at radius 2 is 1.88 bits per heavy atom. The van der Waals surface area contributed by atoms with Crippen LogP contribution < -0.4 is 5.43 Å². The van der Waals surface area contributed by atoms with Gasteiger partial charge in [0.25, 0.3) is 0 Å². The van der Waals surface area contributed by atoms with Crippen molar-refractivity contribution < 1.29 is 4.42 Å². The van der Waals surface area contributed by atoms with E-state index in [0.717, 1.165) is 50.7 Å². The third-order valence-electron chi connectivity index (χ3n) is 3.05. The van der Waals surface area contributed by atoms with E-state index in [1.54, 1.807) is 0 Å². The van der Waals surface area contributed by atoms with Crippen LogP contribution in [0.1, 0.15) is 18.4 Å². The summed E-state index contributed by atoms with van der Waals surface area (Å²) >= 11 is 0. The van der Waals surface area contributed by atoms with Gasteiger partial charge in [0, 0.05) is 32.6 Å². The van der Waals surface area contributed by atoms with Gasteiger partial charge in [-0.3, -0.25) is 0 Å². The third kappa shape index (κ3) is 3.07. The molecule has 0 spiro atoms. The van der Waals surface area contributed by atoms with E-state index in [9.17, 15) is 0 Å². The Bertz CT molecular complexity index is 316. The maximum atomic E-state index is 5.65. The fourth-order valence-electron chi connectivity index (χ4n) is 1.86. The van der Waals surface area contributed by atoms with Crippen molar-refractivity contribution >= 4 is 0 Å². The molecular formula is C12H21N3O. The second kappa shape index (κ2) is 5.48. The summed E-state index contributed by atoms with van der Waals surface area (Å²) < 4.78 is 5.65. The van der Waals surface area contributed by atoms with Crippen LogP contribution in [0.4, 0.5) is 0 Å². The van der Waals surface area contributed by atoms with Crippen LogP contribution in [0.2, 0.25) is 0 Å². The van der Waals surface area contributed by atoms with Gasteiger partial charge in [0.15, 0.2) is 0 Å². The van der Waals surface area contributed by atoms with Crippen molar-refractivity contribution in [2.24, 2.45) is 0 Å². The van der Waals surface area contributed by atoms with Crippen LogP contribution in [0, 0.1) is 0 Å². The van der Waals surface area contributed by atoms with Crippen LogP contribution >= 0.6 is 0 Å². The highest BCUT2D eigenvalue weighted by molar-refractivity contribution is 5.06. The van der Waals surface area contributed by atoms with Gasteiger partial charge in [0.1, 0.15) is 11.5 Å². The van der Waals surface area contributed by atoms with Gasteiger partial charge >= 0.3 is 0 Å². The second-order valence-electron chi connectivity index (χ2n) is 4.35. The first-order valence-electron chi connectivity index (χ1n) is 6.02. The van der Waals surface area contributed by atoms with Gasteiger partial charge in [-0.15, -0.1) is 0 Å². The quantitative estimate of drug-likeness (QED) is 0.828. The Morgan fingerprint density at radius 3 is 2.50 bits per heavy atom. The number of furan rings is 1. The molecule has 0 aliphatic carbocycles. The zero-order valence-corrected chi connectivity index (χ0v) is 10.2. The van der Waals surface area contributed by atoms with E-state index in [0.29, 0.717) is 0 Å². The summed E-state index contributed by atoms with van der Waals surface area (Å²) in [4.78, 5) is 2.35. The Hall–Kier alpha value is -0.840. The zero-order chi connectivity index (χ0) is 11.4. The van der Waals surface area contributed by atoms with Gasteiger partial charge in [-0.2, -0.15) is 0 Å².